The summed E-state index contributed by atoms with van der Waals surface area (Å²) in [4.78, 5) is 73.6. The van der Waals surface area contributed by atoms with Crippen LogP contribution in [0, 0.1) is 23.0 Å². The maximum atomic E-state index is 15.2. The van der Waals surface area contributed by atoms with Crippen LogP contribution in [0.15, 0.2) is 72.9 Å². The number of carboxylic acid groups (broad SMARTS) is 1. The van der Waals surface area contributed by atoms with Gasteiger partial charge in [0.1, 0.15) is 24.4 Å². The molecule has 336 valence electrons. The maximum absolute atomic E-state index is 15.2. The molecule has 1 fully saturated rings. The van der Waals surface area contributed by atoms with Gasteiger partial charge in [0.2, 0.25) is 17.7 Å². The monoisotopic (exact) mass is 894 g/mol. The molecule has 0 unspecified atom stereocenters. The number of carbonyl (C=O) groups excluding carboxylic acids is 5. The van der Waals surface area contributed by atoms with Gasteiger partial charge in [0.25, 0.3) is 11.8 Å². The van der Waals surface area contributed by atoms with Crippen molar-refractivity contribution in [1.29, 1.82) is 0 Å². The van der Waals surface area contributed by atoms with E-state index in [1.807, 2.05) is 55.7 Å². The molecular weight excluding hydrogens is 847 g/mol. The zero-order valence-electron chi connectivity index (χ0n) is 34.1. The highest BCUT2D eigenvalue weighted by atomic mass is 32.2. The van der Waals surface area contributed by atoms with Crippen LogP contribution in [0.1, 0.15) is 44.5 Å². The number of hydrogen-bond acceptors (Lipinski definition) is 8. The summed E-state index contributed by atoms with van der Waals surface area (Å²) in [6.07, 6.45) is -2.20. The molecule has 2 aliphatic rings. The van der Waals surface area contributed by atoms with Crippen molar-refractivity contribution in [1.82, 2.24) is 30.3 Å². The van der Waals surface area contributed by atoms with Crippen molar-refractivity contribution in [3.8, 4) is 11.1 Å². The molecule has 3 aromatic rings. The minimum absolute atomic E-state index is 0.0145. The third-order valence-corrected chi connectivity index (χ3v) is 10.6. The number of rotatable bonds is 17. The first-order valence-corrected chi connectivity index (χ1v) is 20.6. The third kappa shape index (κ3) is 14.2. The second-order valence-corrected chi connectivity index (χ2v) is 16.6. The molecule has 1 saturated heterocycles. The Morgan fingerprint density at radius 3 is 2.15 bits per heavy atom. The average Bonchev–Trinajstić information content (AvgIpc) is 3.89. The Balaban J connectivity index is 0.00000111. The van der Waals surface area contributed by atoms with E-state index in [9.17, 15) is 41.5 Å². The molecule has 2 aromatic carbocycles. The summed E-state index contributed by atoms with van der Waals surface area (Å²) in [6, 6.07) is 14.1. The number of alkyl halides is 4. The molecule has 20 heteroatoms. The van der Waals surface area contributed by atoms with Gasteiger partial charge in [-0.25, -0.2) is 18.0 Å². The number of imide groups is 1. The fourth-order valence-corrected chi connectivity index (χ4v) is 7.60. The largest absolute Gasteiger partial charge is 0.490 e. The van der Waals surface area contributed by atoms with E-state index in [1.165, 1.54) is 11.8 Å². The molecular formula is C42H48F6N6O7S. The topological polar surface area (TPSA) is 170 Å². The van der Waals surface area contributed by atoms with E-state index in [0.717, 1.165) is 40.8 Å². The van der Waals surface area contributed by atoms with Crippen LogP contribution in [0.2, 0.25) is 0 Å². The molecule has 4 N–H and O–H groups in total. The molecule has 0 aliphatic carbocycles. The number of amides is 5. The van der Waals surface area contributed by atoms with Gasteiger partial charge in [0.15, 0.2) is 0 Å². The molecule has 1 aromatic heterocycles. The first-order chi connectivity index (χ1) is 29.1. The predicted octanol–water partition coefficient (Wildman–Crippen LogP) is 4.87. The summed E-state index contributed by atoms with van der Waals surface area (Å²) in [5.74, 6) is -6.26. The van der Waals surface area contributed by atoms with Gasteiger partial charge >= 0.3 is 12.1 Å². The number of aromatic nitrogens is 1. The lowest BCUT2D eigenvalue weighted by Crippen LogP contribution is -2.46. The van der Waals surface area contributed by atoms with Crippen molar-refractivity contribution in [2.24, 2.45) is 11.3 Å². The number of thioether (sulfide) groups is 1. The van der Waals surface area contributed by atoms with E-state index in [2.05, 4.69) is 16.0 Å². The van der Waals surface area contributed by atoms with Gasteiger partial charge in [-0.3, -0.25) is 28.9 Å². The SMILES string of the molecule is CC(C)(C)[C@H](c1cc(-c2cc(F)ccc2F)cn1Cc1ccccc1)N(C[C@@H]1CNC[C@@H]1F)C(=O)CSCCC(=O)NCCNC(=O)CN1C(=O)C=CC1=O.O=C(O)C(F)(F)F. The Morgan fingerprint density at radius 1 is 0.935 bits per heavy atom. The van der Waals surface area contributed by atoms with Gasteiger partial charge in [0, 0.05) is 92.5 Å². The second-order valence-electron chi connectivity index (χ2n) is 15.5. The lowest BCUT2D eigenvalue weighted by molar-refractivity contribution is -0.192. The highest BCUT2D eigenvalue weighted by molar-refractivity contribution is 7.99. The smallest absolute Gasteiger partial charge is 0.475 e. The molecule has 13 nitrogen and oxygen atoms in total. The summed E-state index contributed by atoms with van der Waals surface area (Å²) < 4.78 is 78.4. The van der Waals surface area contributed by atoms with E-state index in [0.29, 0.717) is 30.1 Å². The van der Waals surface area contributed by atoms with E-state index in [-0.39, 0.29) is 55.7 Å². The standard InChI is InChI=1S/C40H47F3N6O5S.C2HF3O2/c1-40(2,3)39(33-17-27(30-18-29(41)9-10-31(30)42)22-47(33)21-26-7-5-4-6-8-26)49(23-28-19-44-20-32(28)43)38(54)25-55-16-13-34(50)45-14-15-46-35(51)24-48-36(52)11-12-37(48)53;3-2(4,5)1(6)7/h4-12,17-18,22,28,32,39,44H,13-16,19-21,23-25H2,1-3H3,(H,45,50)(H,46,51);(H,6,7)/t28-,32-,39-;/m0./s1. The zero-order chi connectivity index (χ0) is 45.8. The number of carbonyl (C=O) groups is 6. The van der Waals surface area contributed by atoms with Crippen molar-refractivity contribution in [2.75, 3.05) is 50.8 Å². The Bertz CT molecular complexity index is 2090. The molecule has 0 radical (unpaired) electrons. The summed E-state index contributed by atoms with van der Waals surface area (Å²) in [6.45, 7) is 6.86. The van der Waals surface area contributed by atoms with E-state index >= 15 is 8.78 Å². The van der Waals surface area contributed by atoms with Gasteiger partial charge in [-0.2, -0.15) is 24.9 Å². The molecule has 0 bridgehead atoms. The quantitative estimate of drug-likeness (QED) is 0.0840. The average molecular weight is 895 g/mol. The fourth-order valence-electron chi connectivity index (χ4n) is 6.78. The van der Waals surface area contributed by atoms with Crippen LogP contribution in [-0.2, 0) is 35.3 Å². The van der Waals surface area contributed by atoms with E-state index < -0.39 is 71.6 Å². The number of nitrogens with one attached hydrogen (secondary N) is 3. The molecule has 5 rings (SSSR count). The minimum Gasteiger partial charge on any atom is -0.475 e. The fraction of sp³-hybridized carbons (Fsp3) is 0.429. The van der Waals surface area contributed by atoms with Gasteiger partial charge in [-0.05, 0) is 35.2 Å². The van der Waals surface area contributed by atoms with Gasteiger partial charge in [0.05, 0.1) is 11.8 Å². The molecule has 5 amide bonds. The number of carboxylic acids is 1. The van der Waals surface area contributed by atoms with Crippen molar-refractivity contribution in [2.45, 2.75) is 52.1 Å². The zero-order valence-corrected chi connectivity index (χ0v) is 35.0. The summed E-state index contributed by atoms with van der Waals surface area (Å²) in [7, 11) is 0. The van der Waals surface area contributed by atoms with Crippen LogP contribution < -0.4 is 16.0 Å². The molecule has 62 heavy (non-hydrogen) atoms. The Morgan fingerprint density at radius 2 is 1.56 bits per heavy atom. The summed E-state index contributed by atoms with van der Waals surface area (Å²) >= 11 is 1.27. The minimum atomic E-state index is -5.08. The number of aliphatic carboxylic acids is 1. The van der Waals surface area contributed by atoms with Crippen LogP contribution in [0.3, 0.4) is 0 Å². The van der Waals surface area contributed by atoms with Crippen molar-refractivity contribution in [3.05, 3.63) is 95.8 Å². The lowest BCUT2D eigenvalue weighted by atomic mass is 9.82. The van der Waals surface area contributed by atoms with E-state index in [4.69, 9.17) is 9.90 Å². The first kappa shape index (κ1) is 49.0. The van der Waals surface area contributed by atoms with Crippen molar-refractivity contribution >= 4 is 47.3 Å². The summed E-state index contributed by atoms with van der Waals surface area (Å²) in [5, 5.41) is 15.5. The van der Waals surface area contributed by atoms with Crippen LogP contribution in [-0.4, -0.2) is 118 Å². The van der Waals surface area contributed by atoms with Crippen LogP contribution in [0.4, 0.5) is 26.3 Å². The normalized spacial score (nSPS) is 16.8. The first-order valence-electron chi connectivity index (χ1n) is 19.4. The van der Waals surface area contributed by atoms with Crippen LogP contribution in [0.5, 0.6) is 0 Å². The van der Waals surface area contributed by atoms with Gasteiger partial charge < -0.3 is 30.5 Å². The Labute approximate surface area is 358 Å². The van der Waals surface area contributed by atoms with Crippen molar-refractivity contribution in [3.63, 3.8) is 0 Å². The molecule has 0 spiro atoms. The van der Waals surface area contributed by atoms with Crippen molar-refractivity contribution < 1.29 is 60.2 Å². The maximum Gasteiger partial charge on any atom is 0.490 e. The van der Waals surface area contributed by atoms with Gasteiger partial charge in [-0.1, -0.05) is 51.1 Å². The molecule has 3 atom stereocenters. The number of halogens is 6. The highest BCUT2D eigenvalue weighted by Gasteiger charge is 2.41. The van der Waals surface area contributed by atoms with Crippen LogP contribution in [0.25, 0.3) is 11.1 Å². The number of nitrogens with zero attached hydrogens (tertiary/aromatic N) is 3. The number of benzene rings is 2. The molecule has 0 saturated carbocycles. The Kier molecular flexibility index (Phi) is 17.4. The third-order valence-electron chi connectivity index (χ3n) is 9.70. The summed E-state index contributed by atoms with van der Waals surface area (Å²) in [5.41, 5.74) is 1.60. The molecule has 3 heterocycles. The highest BCUT2D eigenvalue weighted by Crippen LogP contribution is 2.42. The van der Waals surface area contributed by atoms with E-state index in [1.54, 1.807) is 17.2 Å². The Hall–Kier alpha value is -5.63. The van der Waals surface area contributed by atoms with Gasteiger partial charge in [-0.15, -0.1) is 0 Å². The van der Waals surface area contributed by atoms with Crippen LogP contribution >= 0.6 is 11.8 Å². The second kappa shape index (κ2) is 21.9. The predicted molar refractivity (Wildman–Crippen MR) is 218 cm³/mol. The number of hydrogen-bond donors (Lipinski definition) is 4. The molecule has 2 aliphatic heterocycles. The lowest BCUT2D eigenvalue weighted by Gasteiger charge is -2.42.